The van der Waals surface area contributed by atoms with Crippen molar-refractivity contribution < 1.29 is 14.3 Å². The van der Waals surface area contributed by atoms with Gasteiger partial charge in [0.1, 0.15) is 0 Å². The highest BCUT2D eigenvalue weighted by Gasteiger charge is 2.19. The number of thiophene rings is 1. The zero-order valence-electron chi connectivity index (χ0n) is 13.8. The lowest BCUT2D eigenvalue weighted by atomic mass is 10.1. The Kier molecular flexibility index (Phi) is 6.45. The lowest BCUT2D eigenvalue weighted by molar-refractivity contribution is -0.124. The van der Waals surface area contributed by atoms with Crippen LogP contribution in [0.2, 0.25) is 0 Å². The lowest BCUT2D eigenvalue weighted by Crippen LogP contribution is -2.30. The van der Waals surface area contributed by atoms with E-state index < -0.39 is 5.97 Å². The van der Waals surface area contributed by atoms with Crippen LogP contribution < -0.4 is 5.32 Å². The number of rotatable bonds is 6. The van der Waals surface area contributed by atoms with Gasteiger partial charge in [-0.05, 0) is 36.1 Å². The second kappa shape index (κ2) is 8.78. The second-order valence-electron chi connectivity index (χ2n) is 5.58. The first-order valence-electron chi connectivity index (χ1n) is 7.96. The van der Waals surface area contributed by atoms with E-state index in [0.29, 0.717) is 10.1 Å². The first-order valence-corrected chi connectivity index (χ1v) is 10.9. The van der Waals surface area contributed by atoms with Crippen LogP contribution in [0.4, 0.5) is 0 Å². The number of hydrogen-bond donors (Lipinski definition) is 1. The summed E-state index contributed by atoms with van der Waals surface area (Å²) in [6.45, 7) is 1.63. The molecule has 1 aromatic heterocycles. The fourth-order valence-electron chi connectivity index (χ4n) is 2.43. The van der Waals surface area contributed by atoms with Crippen LogP contribution in [0.25, 0.3) is 0 Å². The average molecular weight is 394 g/mol. The number of esters is 1. The standard InChI is InChI=1S/C18H19NO3S3/c1-12(15-3-2-8-23-15)19-16(20)11-22-17(21)13-4-6-14(7-5-13)18-24-9-10-25-18/h2-8,12,18H,9-11H2,1H3,(H,19,20)/t12-/m0/s1. The van der Waals surface area contributed by atoms with Crippen LogP contribution in [0.15, 0.2) is 41.8 Å². The molecule has 1 atom stereocenters. The minimum absolute atomic E-state index is 0.0908. The van der Waals surface area contributed by atoms with Gasteiger partial charge in [0.25, 0.3) is 5.91 Å². The normalized spacial score (nSPS) is 15.7. The molecule has 1 fully saturated rings. The maximum Gasteiger partial charge on any atom is 0.338 e. The molecule has 1 aromatic carbocycles. The van der Waals surface area contributed by atoms with Crippen LogP contribution in [0, 0.1) is 0 Å². The molecule has 1 amide bonds. The molecule has 7 heteroatoms. The number of nitrogens with one attached hydrogen (secondary N) is 1. The zero-order valence-corrected chi connectivity index (χ0v) is 16.2. The van der Waals surface area contributed by atoms with Crippen molar-refractivity contribution in [2.24, 2.45) is 0 Å². The molecule has 1 aliphatic heterocycles. The number of hydrogen-bond acceptors (Lipinski definition) is 6. The van der Waals surface area contributed by atoms with Gasteiger partial charge in [-0.3, -0.25) is 4.79 Å². The molecule has 2 aromatic rings. The number of ether oxygens (including phenoxy) is 1. The van der Waals surface area contributed by atoms with Gasteiger partial charge in [0.05, 0.1) is 16.2 Å². The smallest absolute Gasteiger partial charge is 0.338 e. The topological polar surface area (TPSA) is 55.4 Å². The van der Waals surface area contributed by atoms with Crippen molar-refractivity contribution in [3.63, 3.8) is 0 Å². The fourth-order valence-corrected chi connectivity index (χ4v) is 6.03. The summed E-state index contributed by atoms with van der Waals surface area (Å²) in [5, 5.41) is 4.79. The molecule has 25 heavy (non-hydrogen) atoms. The third-order valence-corrected chi connectivity index (χ3v) is 7.88. The summed E-state index contributed by atoms with van der Waals surface area (Å²) in [6.07, 6.45) is 0. The van der Waals surface area contributed by atoms with Crippen LogP contribution in [-0.4, -0.2) is 30.0 Å². The molecule has 0 radical (unpaired) electrons. The van der Waals surface area contributed by atoms with E-state index in [1.54, 1.807) is 23.5 Å². The van der Waals surface area contributed by atoms with Gasteiger partial charge in [0.15, 0.2) is 6.61 Å². The van der Waals surface area contributed by atoms with E-state index in [0.717, 1.165) is 16.4 Å². The average Bonchev–Trinajstić information content (AvgIpc) is 3.33. The Morgan fingerprint density at radius 1 is 1.20 bits per heavy atom. The minimum Gasteiger partial charge on any atom is -0.452 e. The summed E-state index contributed by atoms with van der Waals surface area (Å²) in [5.41, 5.74) is 1.68. The molecule has 0 unspecified atom stereocenters. The second-order valence-corrected chi connectivity index (χ2v) is 9.28. The van der Waals surface area contributed by atoms with Crippen LogP contribution >= 0.6 is 34.9 Å². The highest BCUT2D eigenvalue weighted by Crippen LogP contribution is 2.45. The monoisotopic (exact) mass is 393 g/mol. The summed E-state index contributed by atoms with van der Waals surface area (Å²) in [6, 6.07) is 11.3. The summed E-state index contributed by atoms with van der Waals surface area (Å²) in [7, 11) is 0. The summed E-state index contributed by atoms with van der Waals surface area (Å²) >= 11 is 5.43. The third kappa shape index (κ3) is 5.03. The van der Waals surface area contributed by atoms with Crippen molar-refractivity contribution in [2.45, 2.75) is 17.5 Å². The van der Waals surface area contributed by atoms with E-state index in [9.17, 15) is 9.59 Å². The van der Waals surface area contributed by atoms with Crippen LogP contribution in [0.3, 0.4) is 0 Å². The summed E-state index contributed by atoms with van der Waals surface area (Å²) < 4.78 is 5.57. The Hall–Kier alpha value is -1.44. The van der Waals surface area contributed by atoms with E-state index in [1.807, 2.05) is 60.1 Å². The van der Waals surface area contributed by atoms with E-state index in [4.69, 9.17) is 4.74 Å². The summed E-state index contributed by atoms with van der Waals surface area (Å²) in [4.78, 5) is 25.1. The maximum absolute atomic E-state index is 12.1. The predicted molar refractivity (Wildman–Crippen MR) is 105 cm³/mol. The van der Waals surface area contributed by atoms with Gasteiger partial charge in [-0.1, -0.05) is 18.2 Å². The molecule has 1 N–H and O–H groups in total. The molecule has 1 saturated heterocycles. The van der Waals surface area contributed by atoms with Crippen molar-refractivity contribution in [3.05, 3.63) is 57.8 Å². The Morgan fingerprint density at radius 2 is 1.92 bits per heavy atom. The van der Waals surface area contributed by atoms with Gasteiger partial charge >= 0.3 is 5.97 Å². The molecular weight excluding hydrogens is 374 g/mol. The Labute approximate surface area is 159 Å². The largest absolute Gasteiger partial charge is 0.452 e. The molecule has 0 aliphatic carbocycles. The van der Waals surface area contributed by atoms with Crippen LogP contribution in [0.5, 0.6) is 0 Å². The van der Waals surface area contributed by atoms with Crippen molar-refractivity contribution in [1.82, 2.24) is 5.32 Å². The van der Waals surface area contributed by atoms with E-state index in [1.165, 1.54) is 5.56 Å². The molecule has 0 bridgehead atoms. The van der Waals surface area contributed by atoms with Gasteiger partial charge in [-0.15, -0.1) is 34.9 Å². The highest BCUT2D eigenvalue weighted by atomic mass is 32.2. The van der Waals surface area contributed by atoms with E-state index in [-0.39, 0.29) is 18.6 Å². The third-order valence-electron chi connectivity index (χ3n) is 3.72. The van der Waals surface area contributed by atoms with E-state index >= 15 is 0 Å². The van der Waals surface area contributed by atoms with Gasteiger partial charge in [-0.2, -0.15) is 0 Å². The first kappa shape index (κ1) is 18.4. The Balaban J connectivity index is 1.47. The van der Waals surface area contributed by atoms with Crippen molar-refractivity contribution in [2.75, 3.05) is 18.1 Å². The van der Waals surface area contributed by atoms with Crippen molar-refractivity contribution in [3.8, 4) is 0 Å². The molecule has 1 aliphatic rings. The molecule has 2 heterocycles. The van der Waals surface area contributed by atoms with Gasteiger partial charge < -0.3 is 10.1 Å². The fraction of sp³-hybridized carbons (Fsp3) is 0.333. The Bertz CT molecular complexity index is 710. The number of carbonyl (C=O) groups is 2. The van der Waals surface area contributed by atoms with Crippen molar-refractivity contribution in [1.29, 1.82) is 0 Å². The number of carbonyl (C=O) groups excluding carboxylic acids is 2. The molecule has 4 nitrogen and oxygen atoms in total. The molecular formula is C18H19NO3S3. The Morgan fingerprint density at radius 3 is 2.56 bits per heavy atom. The molecule has 132 valence electrons. The number of benzene rings is 1. The first-order chi connectivity index (χ1) is 12.1. The molecule has 3 rings (SSSR count). The van der Waals surface area contributed by atoms with Gasteiger partial charge in [-0.25, -0.2) is 4.79 Å². The molecule has 0 spiro atoms. The molecule has 0 saturated carbocycles. The highest BCUT2D eigenvalue weighted by molar-refractivity contribution is 8.19. The quantitative estimate of drug-likeness (QED) is 0.743. The maximum atomic E-state index is 12.1. The van der Waals surface area contributed by atoms with Crippen molar-refractivity contribution >= 4 is 46.7 Å². The lowest BCUT2D eigenvalue weighted by Gasteiger charge is -2.12. The number of thioether (sulfide) groups is 2. The SMILES string of the molecule is C[C@H](NC(=O)COC(=O)c1ccc(C2SCCS2)cc1)c1cccs1. The van der Waals surface area contributed by atoms with Crippen LogP contribution in [0.1, 0.15) is 38.3 Å². The van der Waals surface area contributed by atoms with Gasteiger partial charge in [0.2, 0.25) is 0 Å². The van der Waals surface area contributed by atoms with Crippen LogP contribution in [-0.2, 0) is 9.53 Å². The van der Waals surface area contributed by atoms with Gasteiger partial charge in [0, 0.05) is 16.4 Å². The minimum atomic E-state index is -0.475. The number of amides is 1. The zero-order chi connectivity index (χ0) is 17.6. The summed E-state index contributed by atoms with van der Waals surface area (Å²) in [5.74, 6) is 1.55. The van der Waals surface area contributed by atoms with E-state index in [2.05, 4.69) is 5.32 Å². The predicted octanol–water partition coefficient (Wildman–Crippen LogP) is 4.26.